The molecule has 2 heterocycles. The molecule has 9 heteroatoms. The smallest absolute Gasteiger partial charge is 0.323 e. The molecule has 33 heavy (non-hydrogen) atoms. The Bertz CT molecular complexity index is 1050. The molecule has 2 aromatic rings. The number of carboxylic acids is 1. The van der Waals surface area contributed by atoms with Crippen molar-refractivity contribution >= 4 is 35.2 Å². The summed E-state index contributed by atoms with van der Waals surface area (Å²) >= 11 is 0. The molecule has 9 nitrogen and oxygen atoms in total. The van der Waals surface area contributed by atoms with Crippen LogP contribution in [0.2, 0.25) is 0 Å². The number of anilines is 2. The van der Waals surface area contributed by atoms with Gasteiger partial charge in [0.05, 0.1) is 17.3 Å². The second-order valence-corrected chi connectivity index (χ2v) is 8.28. The lowest BCUT2D eigenvalue weighted by Gasteiger charge is -2.34. The average Bonchev–Trinajstić information content (AvgIpc) is 2.83. The quantitative estimate of drug-likeness (QED) is 0.645. The third-order valence-corrected chi connectivity index (χ3v) is 6.05. The Labute approximate surface area is 191 Å². The lowest BCUT2D eigenvalue weighted by atomic mass is 9.96. The first kappa shape index (κ1) is 22.3. The first-order chi connectivity index (χ1) is 15.9. The number of amides is 4. The van der Waals surface area contributed by atoms with Gasteiger partial charge >= 0.3 is 12.0 Å². The van der Waals surface area contributed by atoms with Crippen LogP contribution in [0.25, 0.3) is 0 Å². The molecule has 172 valence electrons. The van der Waals surface area contributed by atoms with Crippen LogP contribution in [0.4, 0.5) is 16.2 Å². The first-order valence-electron chi connectivity index (χ1n) is 10.9. The number of para-hydroxylation sites is 2. The van der Waals surface area contributed by atoms with Crippen LogP contribution >= 0.6 is 0 Å². The molecule has 0 unspecified atom stereocenters. The third kappa shape index (κ3) is 5.14. The molecule has 4 amide bonds. The summed E-state index contributed by atoms with van der Waals surface area (Å²) in [5, 5.41) is 14.8. The van der Waals surface area contributed by atoms with E-state index in [2.05, 4.69) is 10.6 Å². The summed E-state index contributed by atoms with van der Waals surface area (Å²) in [4.78, 5) is 52.9. The van der Waals surface area contributed by atoms with Crippen LogP contribution in [0.1, 0.15) is 18.4 Å². The van der Waals surface area contributed by atoms with Gasteiger partial charge in [-0.3, -0.25) is 19.3 Å². The second-order valence-electron chi connectivity index (χ2n) is 8.28. The highest BCUT2D eigenvalue weighted by molar-refractivity contribution is 6.10. The van der Waals surface area contributed by atoms with Crippen molar-refractivity contribution in [3.05, 3.63) is 60.2 Å². The maximum absolute atomic E-state index is 13.4. The summed E-state index contributed by atoms with van der Waals surface area (Å²) < 4.78 is 0. The van der Waals surface area contributed by atoms with Crippen LogP contribution in [0.15, 0.2) is 54.6 Å². The molecule has 0 bridgehead atoms. The number of carbonyl (C=O) groups excluding carboxylic acids is 3. The molecule has 2 aliphatic rings. The van der Waals surface area contributed by atoms with Crippen molar-refractivity contribution in [2.75, 3.05) is 29.9 Å². The van der Waals surface area contributed by atoms with E-state index >= 15 is 0 Å². The molecule has 4 rings (SSSR count). The van der Waals surface area contributed by atoms with E-state index in [0.29, 0.717) is 37.3 Å². The molecular formula is C24H26N4O5. The Kier molecular flexibility index (Phi) is 6.58. The van der Waals surface area contributed by atoms with Gasteiger partial charge in [-0.05, 0) is 30.5 Å². The minimum absolute atomic E-state index is 0.154. The molecule has 2 aromatic carbocycles. The number of carboxylic acid groups (broad SMARTS) is 1. The van der Waals surface area contributed by atoms with Crippen molar-refractivity contribution in [1.82, 2.24) is 10.2 Å². The predicted octanol–water partition coefficient (Wildman–Crippen LogP) is 2.09. The third-order valence-electron chi connectivity index (χ3n) is 6.05. The zero-order valence-electron chi connectivity index (χ0n) is 18.1. The van der Waals surface area contributed by atoms with Gasteiger partial charge in [0.2, 0.25) is 11.8 Å². The van der Waals surface area contributed by atoms with Crippen LogP contribution in [0.5, 0.6) is 0 Å². The van der Waals surface area contributed by atoms with Crippen molar-refractivity contribution in [3.63, 3.8) is 0 Å². The summed E-state index contributed by atoms with van der Waals surface area (Å²) in [7, 11) is 0. The number of hydrogen-bond donors (Lipinski definition) is 3. The number of nitrogens with zero attached hydrogens (tertiary/aromatic N) is 2. The molecular weight excluding hydrogens is 424 g/mol. The fourth-order valence-corrected chi connectivity index (χ4v) is 4.26. The maximum atomic E-state index is 13.4. The Hall–Kier alpha value is -3.88. The molecule has 1 fully saturated rings. The average molecular weight is 450 g/mol. The van der Waals surface area contributed by atoms with E-state index in [1.165, 1.54) is 4.90 Å². The van der Waals surface area contributed by atoms with Gasteiger partial charge in [0.15, 0.2) is 0 Å². The predicted molar refractivity (Wildman–Crippen MR) is 122 cm³/mol. The van der Waals surface area contributed by atoms with Crippen LogP contribution in [-0.2, 0) is 20.8 Å². The van der Waals surface area contributed by atoms with E-state index in [-0.39, 0.29) is 24.8 Å². The highest BCUT2D eigenvalue weighted by Crippen LogP contribution is 2.29. The van der Waals surface area contributed by atoms with Crippen molar-refractivity contribution in [3.8, 4) is 0 Å². The van der Waals surface area contributed by atoms with Crippen LogP contribution in [0, 0.1) is 5.92 Å². The van der Waals surface area contributed by atoms with E-state index in [0.717, 1.165) is 5.56 Å². The van der Waals surface area contributed by atoms with Gasteiger partial charge in [-0.15, -0.1) is 0 Å². The van der Waals surface area contributed by atoms with Gasteiger partial charge in [0.25, 0.3) is 0 Å². The molecule has 2 aliphatic heterocycles. The Balaban J connectivity index is 1.53. The number of nitrogens with one attached hydrogen (secondary N) is 2. The topological polar surface area (TPSA) is 119 Å². The van der Waals surface area contributed by atoms with E-state index in [9.17, 15) is 24.3 Å². The van der Waals surface area contributed by atoms with E-state index < -0.39 is 24.0 Å². The Morgan fingerprint density at radius 3 is 2.39 bits per heavy atom. The fraction of sp³-hybridized carbons (Fsp3) is 0.333. The standard InChI is InChI=1S/C24H26N4O5/c29-21-15-28(20-9-5-4-8-18(20)25-21)24(33)26-19(14-16-6-2-1-3-7-16)22(30)27-12-10-17(11-13-27)23(31)32/h1-9,17,19H,10-15H2,(H,25,29)(H,26,33)(H,31,32)/t19-/m1/s1. The molecule has 1 atom stereocenters. The monoisotopic (exact) mass is 450 g/mol. The molecule has 1 saturated heterocycles. The van der Waals surface area contributed by atoms with E-state index in [1.807, 2.05) is 30.3 Å². The lowest BCUT2D eigenvalue weighted by molar-refractivity contribution is -0.146. The fourth-order valence-electron chi connectivity index (χ4n) is 4.26. The molecule has 0 aromatic heterocycles. The van der Waals surface area contributed by atoms with E-state index in [1.54, 1.807) is 29.2 Å². The maximum Gasteiger partial charge on any atom is 0.323 e. The molecule has 0 radical (unpaired) electrons. The number of aliphatic carboxylic acids is 1. The highest BCUT2D eigenvalue weighted by atomic mass is 16.4. The van der Waals surface area contributed by atoms with Crippen molar-refractivity contribution in [1.29, 1.82) is 0 Å². The number of urea groups is 1. The second kappa shape index (κ2) is 9.72. The number of hydrogen-bond acceptors (Lipinski definition) is 4. The molecule has 0 spiro atoms. The van der Waals surface area contributed by atoms with Gasteiger partial charge in [-0.25, -0.2) is 4.79 Å². The summed E-state index contributed by atoms with van der Waals surface area (Å²) in [5.74, 6) is -1.88. The highest BCUT2D eigenvalue weighted by Gasteiger charge is 2.34. The molecule has 0 saturated carbocycles. The SMILES string of the molecule is O=C1CN(C(=O)N[C@H](Cc2ccccc2)C(=O)N2CCC(C(=O)O)CC2)c2ccccc2N1. The number of carbonyl (C=O) groups is 4. The van der Waals surface area contributed by atoms with Gasteiger partial charge in [0, 0.05) is 19.5 Å². The minimum Gasteiger partial charge on any atom is -0.481 e. The number of rotatable bonds is 5. The Morgan fingerprint density at radius 1 is 1.03 bits per heavy atom. The largest absolute Gasteiger partial charge is 0.481 e. The zero-order valence-corrected chi connectivity index (χ0v) is 18.1. The van der Waals surface area contributed by atoms with Crippen LogP contribution in [0.3, 0.4) is 0 Å². The zero-order chi connectivity index (χ0) is 23.4. The van der Waals surface area contributed by atoms with Crippen molar-refractivity contribution < 1.29 is 24.3 Å². The lowest BCUT2D eigenvalue weighted by Crippen LogP contribution is -2.56. The summed E-state index contributed by atoms with van der Waals surface area (Å²) in [6, 6.07) is 15.0. The number of likely N-dealkylation sites (tertiary alicyclic amines) is 1. The van der Waals surface area contributed by atoms with Crippen molar-refractivity contribution in [2.24, 2.45) is 5.92 Å². The van der Waals surface area contributed by atoms with Crippen LogP contribution in [-0.4, -0.2) is 59.5 Å². The minimum atomic E-state index is -0.849. The summed E-state index contributed by atoms with van der Waals surface area (Å²) in [5.41, 5.74) is 1.97. The molecule has 3 N–H and O–H groups in total. The van der Waals surface area contributed by atoms with E-state index in [4.69, 9.17) is 0 Å². The number of fused-ring (bicyclic) bond motifs is 1. The summed E-state index contributed by atoms with van der Waals surface area (Å²) in [6.07, 6.45) is 1.05. The van der Waals surface area contributed by atoms with Crippen LogP contribution < -0.4 is 15.5 Å². The first-order valence-corrected chi connectivity index (χ1v) is 10.9. The number of benzene rings is 2. The number of piperidine rings is 1. The normalized spacial score (nSPS) is 17.0. The van der Waals surface area contributed by atoms with Gasteiger partial charge < -0.3 is 20.6 Å². The Morgan fingerprint density at radius 2 is 1.70 bits per heavy atom. The van der Waals surface area contributed by atoms with Gasteiger partial charge in [0.1, 0.15) is 12.6 Å². The van der Waals surface area contributed by atoms with Gasteiger partial charge in [-0.2, -0.15) is 0 Å². The molecule has 0 aliphatic carbocycles. The van der Waals surface area contributed by atoms with Crippen molar-refractivity contribution in [2.45, 2.75) is 25.3 Å². The summed E-state index contributed by atoms with van der Waals surface area (Å²) in [6.45, 7) is 0.497. The van der Waals surface area contributed by atoms with Gasteiger partial charge in [-0.1, -0.05) is 42.5 Å².